The molecular weight excluding hydrogens is 252 g/mol. The molecule has 110 valence electrons. The fraction of sp³-hybridized carbons (Fsp3) is 0.438. The van der Waals surface area contributed by atoms with Crippen molar-refractivity contribution in [2.45, 2.75) is 13.8 Å². The second-order valence-electron chi connectivity index (χ2n) is 4.05. The predicted molar refractivity (Wildman–Crippen MR) is 83.4 cm³/mol. The van der Waals surface area contributed by atoms with Crippen molar-refractivity contribution in [2.24, 2.45) is 0 Å². The van der Waals surface area contributed by atoms with Gasteiger partial charge in [0.15, 0.2) is 0 Å². The Balaban J connectivity index is 0.00000110. The molecule has 0 aliphatic carbocycles. The van der Waals surface area contributed by atoms with E-state index in [-0.39, 0.29) is 12.7 Å². The van der Waals surface area contributed by atoms with Crippen molar-refractivity contribution in [3.05, 3.63) is 36.5 Å². The van der Waals surface area contributed by atoms with Crippen molar-refractivity contribution in [1.29, 1.82) is 0 Å². The molecule has 0 saturated carbocycles. The molecule has 0 radical (unpaired) electrons. The Bertz CT molecular complexity index is 386. The monoisotopic (exact) mass is 276 g/mol. The zero-order valence-electron chi connectivity index (χ0n) is 12.4. The van der Waals surface area contributed by atoms with Gasteiger partial charge in [-0.25, -0.2) is 4.79 Å². The Hall–Kier alpha value is -1.99. The summed E-state index contributed by atoms with van der Waals surface area (Å²) in [5.41, 5.74) is 0.895. The van der Waals surface area contributed by atoms with Gasteiger partial charge < -0.3 is 15.0 Å². The number of nitrogens with one attached hydrogen (secondary N) is 1. The third kappa shape index (κ3) is 8.17. The van der Waals surface area contributed by atoms with Gasteiger partial charge in [-0.05, 0) is 19.4 Å². The summed E-state index contributed by atoms with van der Waals surface area (Å²) in [7, 11) is 0. The van der Waals surface area contributed by atoms with Crippen molar-refractivity contribution in [3.8, 4) is 12.3 Å². The number of rotatable bonds is 4. The van der Waals surface area contributed by atoms with Crippen LogP contribution in [0.15, 0.2) is 36.5 Å². The molecule has 1 fully saturated rings. The first-order valence-electron chi connectivity index (χ1n) is 6.63. The molecule has 1 N–H and O–H groups in total. The lowest BCUT2D eigenvalue weighted by molar-refractivity contribution is 0.106. The molecule has 0 aromatic carbocycles. The van der Waals surface area contributed by atoms with Crippen molar-refractivity contribution in [2.75, 3.05) is 32.8 Å². The van der Waals surface area contributed by atoms with Gasteiger partial charge in [0, 0.05) is 26.2 Å². The van der Waals surface area contributed by atoms with E-state index in [1.165, 1.54) is 0 Å². The van der Waals surface area contributed by atoms with E-state index in [4.69, 9.17) is 4.74 Å². The van der Waals surface area contributed by atoms with Gasteiger partial charge in [-0.15, -0.1) is 12.3 Å². The van der Waals surface area contributed by atoms with Gasteiger partial charge in [0.1, 0.15) is 6.61 Å². The van der Waals surface area contributed by atoms with Crippen molar-refractivity contribution in [3.63, 3.8) is 0 Å². The molecule has 0 spiro atoms. The average Bonchev–Trinajstić information content (AvgIpc) is 2.49. The molecule has 1 saturated heterocycles. The number of hydrogen-bond donors (Lipinski definition) is 1. The molecule has 1 amide bonds. The minimum Gasteiger partial charge on any atom is -0.445 e. The molecule has 0 unspecified atom stereocenters. The Morgan fingerprint density at radius 2 is 2.10 bits per heavy atom. The molecule has 0 atom stereocenters. The summed E-state index contributed by atoms with van der Waals surface area (Å²) in [6.45, 7) is 10.6. The number of allylic oxidation sites excluding steroid dienone is 3. The number of ether oxygens (including phenoxy) is 1. The average molecular weight is 276 g/mol. The van der Waals surface area contributed by atoms with Gasteiger partial charge in [-0.1, -0.05) is 30.9 Å². The molecular formula is C16H24N2O2. The highest BCUT2D eigenvalue weighted by Crippen LogP contribution is 2.02. The van der Waals surface area contributed by atoms with Crippen LogP contribution >= 0.6 is 0 Å². The molecule has 4 nitrogen and oxygen atoms in total. The number of carbonyl (C=O) groups is 1. The van der Waals surface area contributed by atoms with Crippen LogP contribution in [0.1, 0.15) is 13.8 Å². The van der Waals surface area contributed by atoms with E-state index >= 15 is 0 Å². The molecule has 1 aliphatic heterocycles. The number of amides is 1. The quantitative estimate of drug-likeness (QED) is 0.633. The second-order valence-corrected chi connectivity index (χ2v) is 4.05. The number of hydrogen-bond acceptors (Lipinski definition) is 3. The normalized spacial score (nSPS) is 15.1. The number of carbonyl (C=O) groups excluding carboxylic acids is 1. The number of piperazine rings is 1. The molecule has 1 rings (SSSR count). The SMILES string of the molecule is C#CC.C=C/C(=C\C=C/C)COC(=O)N1CCNCC1. The Kier molecular flexibility index (Phi) is 10.9. The van der Waals surface area contributed by atoms with Crippen LogP contribution in [-0.2, 0) is 4.74 Å². The van der Waals surface area contributed by atoms with Crippen molar-refractivity contribution in [1.82, 2.24) is 10.2 Å². The van der Waals surface area contributed by atoms with E-state index < -0.39 is 0 Å². The van der Waals surface area contributed by atoms with Gasteiger partial charge in [0.05, 0.1) is 0 Å². The van der Waals surface area contributed by atoms with Crippen LogP contribution < -0.4 is 5.32 Å². The Morgan fingerprint density at radius 3 is 2.60 bits per heavy atom. The first-order chi connectivity index (χ1) is 9.69. The lowest BCUT2D eigenvalue weighted by atomic mass is 10.2. The summed E-state index contributed by atoms with van der Waals surface area (Å²) >= 11 is 0. The molecule has 0 bridgehead atoms. The molecule has 4 heteroatoms. The fourth-order valence-electron chi connectivity index (χ4n) is 1.48. The van der Waals surface area contributed by atoms with E-state index in [1.807, 2.05) is 25.2 Å². The highest BCUT2D eigenvalue weighted by atomic mass is 16.6. The van der Waals surface area contributed by atoms with Crippen LogP contribution in [0, 0.1) is 12.3 Å². The lowest BCUT2D eigenvalue weighted by Crippen LogP contribution is -2.46. The van der Waals surface area contributed by atoms with E-state index in [0.29, 0.717) is 13.1 Å². The highest BCUT2D eigenvalue weighted by Gasteiger charge is 2.17. The third-order valence-corrected chi connectivity index (χ3v) is 2.50. The lowest BCUT2D eigenvalue weighted by Gasteiger charge is -2.26. The smallest absolute Gasteiger partial charge is 0.410 e. The van der Waals surface area contributed by atoms with Crippen molar-refractivity contribution < 1.29 is 9.53 Å². The van der Waals surface area contributed by atoms with E-state index in [9.17, 15) is 4.79 Å². The Morgan fingerprint density at radius 1 is 1.50 bits per heavy atom. The van der Waals surface area contributed by atoms with E-state index in [0.717, 1.165) is 18.7 Å². The summed E-state index contributed by atoms with van der Waals surface area (Å²) in [4.78, 5) is 13.4. The van der Waals surface area contributed by atoms with Gasteiger partial charge in [0.2, 0.25) is 0 Å². The first kappa shape index (κ1) is 18.0. The summed E-state index contributed by atoms with van der Waals surface area (Å²) in [6.07, 6.45) is 11.8. The standard InChI is InChI=1S/C13H20N2O2.C3H4/c1-3-5-6-12(4-2)11-17-13(16)15-9-7-14-8-10-15;1-3-2/h3-6,14H,2,7-11H2,1H3;1H,2H3/b5-3-,12-6+;. The minimum atomic E-state index is -0.250. The summed E-state index contributed by atoms with van der Waals surface area (Å²) in [5, 5.41) is 3.19. The van der Waals surface area contributed by atoms with Gasteiger partial charge >= 0.3 is 6.09 Å². The van der Waals surface area contributed by atoms with Crippen LogP contribution in [-0.4, -0.2) is 43.8 Å². The molecule has 1 aliphatic rings. The van der Waals surface area contributed by atoms with Gasteiger partial charge in [-0.2, -0.15) is 0 Å². The first-order valence-corrected chi connectivity index (χ1v) is 6.63. The summed E-state index contributed by atoms with van der Waals surface area (Å²) in [6, 6.07) is 0. The summed E-state index contributed by atoms with van der Waals surface area (Å²) in [5.74, 6) is 2.25. The highest BCUT2D eigenvalue weighted by molar-refractivity contribution is 5.68. The van der Waals surface area contributed by atoms with Crippen molar-refractivity contribution >= 4 is 6.09 Å². The zero-order valence-corrected chi connectivity index (χ0v) is 12.4. The van der Waals surface area contributed by atoms with Crippen LogP contribution in [0.5, 0.6) is 0 Å². The van der Waals surface area contributed by atoms with Crippen LogP contribution in [0.4, 0.5) is 4.79 Å². The molecule has 0 aromatic rings. The topological polar surface area (TPSA) is 41.6 Å². The number of terminal acetylenes is 1. The molecule has 20 heavy (non-hydrogen) atoms. The van der Waals surface area contributed by atoms with Gasteiger partial charge in [0.25, 0.3) is 0 Å². The molecule has 0 aromatic heterocycles. The molecule has 1 heterocycles. The number of nitrogens with zero attached hydrogens (tertiary/aromatic N) is 1. The largest absolute Gasteiger partial charge is 0.445 e. The van der Waals surface area contributed by atoms with E-state index in [1.54, 1.807) is 17.9 Å². The van der Waals surface area contributed by atoms with Crippen LogP contribution in [0.2, 0.25) is 0 Å². The van der Waals surface area contributed by atoms with Crippen LogP contribution in [0.3, 0.4) is 0 Å². The zero-order chi connectivity index (χ0) is 15.2. The van der Waals surface area contributed by atoms with E-state index in [2.05, 4.69) is 24.2 Å². The van der Waals surface area contributed by atoms with Crippen LogP contribution in [0.25, 0.3) is 0 Å². The second kappa shape index (κ2) is 12.1. The maximum Gasteiger partial charge on any atom is 0.410 e. The van der Waals surface area contributed by atoms with Gasteiger partial charge in [-0.3, -0.25) is 0 Å². The summed E-state index contributed by atoms with van der Waals surface area (Å²) < 4.78 is 5.22. The Labute approximate surface area is 122 Å². The maximum atomic E-state index is 11.7. The minimum absolute atomic E-state index is 0.250. The third-order valence-electron chi connectivity index (χ3n) is 2.50. The fourth-order valence-corrected chi connectivity index (χ4v) is 1.48. The predicted octanol–water partition coefficient (Wildman–Crippen LogP) is 2.36. The maximum absolute atomic E-state index is 11.7.